The Hall–Kier alpha value is -2.02. The first-order valence-electron chi connectivity index (χ1n) is 5.45. The normalized spacial score (nSPS) is 13.7. The Bertz CT molecular complexity index is 491. The lowest BCUT2D eigenvalue weighted by Crippen LogP contribution is -2.48. The van der Waals surface area contributed by atoms with Crippen molar-refractivity contribution in [2.75, 3.05) is 0 Å². The van der Waals surface area contributed by atoms with Gasteiger partial charge in [-0.15, -0.1) is 0 Å². The molecule has 104 valence electrons. The van der Waals surface area contributed by atoms with Crippen LogP contribution in [0.15, 0.2) is 18.2 Å². The van der Waals surface area contributed by atoms with Crippen LogP contribution in [0.1, 0.15) is 12.5 Å². The Balaban J connectivity index is 2.72. The number of aliphatic hydroxyl groups is 1. The van der Waals surface area contributed by atoms with Gasteiger partial charge < -0.3 is 15.5 Å². The zero-order chi connectivity index (χ0) is 14.6. The lowest BCUT2D eigenvalue weighted by atomic mass is 10.1. The molecule has 1 aromatic rings. The molecule has 0 saturated heterocycles. The average Bonchev–Trinajstić information content (AvgIpc) is 2.29. The first-order chi connectivity index (χ1) is 8.81. The second-order valence-electron chi connectivity index (χ2n) is 4.04. The summed E-state index contributed by atoms with van der Waals surface area (Å²) in [6.45, 7) is 1.21. The molecule has 0 aliphatic rings. The molecule has 5 nitrogen and oxygen atoms in total. The number of aliphatic hydroxyl groups excluding tert-OH is 1. The van der Waals surface area contributed by atoms with E-state index < -0.39 is 42.1 Å². The van der Waals surface area contributed by atoms with Crippen LogP contribution in [0.4, 0.5) is 8.78 Å². The third-order valence-electron chi connectivity index (χ3n) is 2.43. The van der Waals surface area contributed by atoms with Gasteiger partial charge in [0.05, 0.1) is 12.5 Å². The number of carboxylic acid groups (broad SMARTS) is 1. The fourth-order valence-electron chi connectivity index (χ4n) is 1.45. The molecule has 1 amide bonds. The maximum absolute atomic E-state index is 13.3. The number of carboxylic acids is 1. The summed E-state index contributed by atoms with van der Waals surface area (Å²) in [5, 5.41) is 20.0. The molecular weight excluding hydrogens is 260 g/mol. The molecule has 1 aromatic carbocycles. The lowest BCUT2D eigenvalue weighted by Gasteiger charge is -2.17. The maximum Gasteiger partial charge on any atom is 0.328 e. The number of nitrogens with one attached hydrogen (secondary N) is 1. The summed E-state index contributed by atoms with van der Waals surface area (Å²) >= 11 is 0. The van der Waals surface area contributed by atoms with Crippen LogP contribution < -0.4 is 5.32 Å². The Labute approximate surface area is 107 Å². The number of carbonyl (C=O) groups is 2. The van der Waals surface area contributed by atoms with Gasteiger partial charge in [-0.1, -0.05) is 6.07 Å². The van der Waals surface area contributed by atoms with Gasteiger partial charge in [0.25, 0.3) is 0 Å². The van der Waals surface area contributed by atoms with Gasteiger partial charge in [0.2, 0.25) is 5.91 Å². The van der Waals surface area contributed by atoms with Gasteiger partial charge in [-0.05, 0) is 18.6 Å². The molecule has 2 unspecified atom stereocenters. The highest BCUT2D eigenvalue weighted by Crippen LogP contribution is 2.10. The number of hydrogen-bond donors (Lipinski definition) is 3. The lowest BCUT2D eigenvalue weighted by molar-refractivity contribution is -0.144. The van der Waals surface area contributed by atoms with Crippen molar-refractivity contribution in [2.24, 2.45) is 0 Å². The third kappa shape index (κ3) is 4.29. The van der Waals surface area contributed by atoms with Crippen LogP contribution in [-0.4, -0.2) is 34.2 Å². The van der Waals surface area contributed by atoms with Crippen molar-refractivity contribution >= 4 is 11.9 Å². The number of benzene rings is 1. The summed E-state index contributed by atoms with van der Waals surface area (Å²) in [5.74, 6) is -3.84. The molecule has 0 heterocycles. The molecule has 0 radical (unpaired) electrons. The molecule has 1 rings (SSSR count). The fourth-order valence-corrected chi connectivity index (χ4v) is 1.45. The number of hydrogen-bond acceptors (Lipinski definition) is 3. The predicted octanol–water partition coefficient (Wildman–Crippen LogP) is 0.457. The van der Waals surface area contributed by atoms with E-state index in [-0.39, 0.29) is 5.56 Å². The van der Waals surface area contributed by atoms with Crippen molar-refractivity contribution in [2.45, 2.75) is 25.5 Å². The van der Waals surface area contributed by atoms with Gasteiger partial charge in [0, 0.05) is 6.07 Å². The highest BCUT2D eigenvalue weighted by atomic mass is 19.1. The van der Waals surface area contributed by atoms with E-state index in [1.807, 2.05) is 0 Å². The second-order valence-corrected chi connectivity index (χ2v) is 4.04. The molecule has 0 bridgehead atoms. The van der Waals surface area contributed by atoms with Gasteiger partial charge in [-0.25, -0.2) is 13.6 Å². The van der Waals surface area contributed by atoms with E-state index in [0.717, 1.165) is 12.1 Å². The monoisotopic (exact) mass is 273 g/mol. The van der Waals surface area contributed by atoms with E-state index in [4.69, 9.17) is 10.2 Å². The minimum Gasteiger partial charge on any atom is -0.480 e. The maximum atomic E-state index is 13.3. The number of halogens is 2. The summed E-state index contributed by atoms with van der Waals surface area (Å²) < 4.78 is 25.9. The summed E-state index contributed by atoms with van der Waals surface area (Å²) in [4.78, 5) is 22.3. The topological polar surface area (TPSA) is 86.6 Å². The first-order valence-corrected chi connectivity index (χ1v) is 5.45. The second kappa shape index (κ2) is 6.24. The molecular formula is C12H13F2NO4. The van der Waals surface area contributed by atoms with Crippen molar-refractivity contribution in [1.82, 2.24) is 5.32 Å². The number of carbonyl (C=O) groups excluding carboxylic acids is 1. The van der Waals surface area contributed by atoms with Crippen molar-refractivity contribution in [3.63, 3.8) is 0 Å². The van der Waals surface area contributed by atoms with Crippen LogP contribution in [0.2, 0.25) is 0 Å². The molecule has 3 N–H and O–H groups in total. The quantitative estimate of drug-likeness (QED) is 0.727. The van der Waals surface area contributed by atoms with E-state index in [9.17, 15) is 18.4 Å². The zero-order valence-electron chi connectivity index (χ0n) is 10.1. The smallest absolute Gasteiger partial charge is 0.328 e. The van der Waals surface area contributed by atoms with Crippen LogP contribution in [0, 0.1) is 11.6 Å². The van der Waals surface area contributed by atoms with Crippen LogP contribution in [0.5, 0.6) is 0 Å². The van der Waals surface area contributed by atoms with Crippen molar-refractivity contribution in [3.8, 4) is 0 Å². The fraction of sp³-hybridized carbons (Fsp3) is 0.333. The van der Waals surface area contributed by atoms with E-state index in [1.54, 1.807) is 0 Å². The number of amides is 1. The van der Waals surface area contributed by atoms with E-state index in [2.05, 4.69) is 5.32 Å². The Morgan fingerprint density at radius 1 is 1.37 bits per heavy atom. The zero-order valence-corrected chi connectivity index (χ0v) is 10.1. The highest BCUT2D eigenvalue weighted by Gasteiger charge is 2.25. The van der Waals surface area contributed by atoms with Crippen molar-refractivity contribution < 1.29 is 28.6 Å². The molecule has 0 aromatic heterocycles. The van der Waals surface area contributed by atoms with Crippen molar-refractivity contribution in [1.29, 1.82) is 0 Å². The summed E-state index contributed by atoms with van der Waals surface area (Å²) in [6.07, 6.45) is -1.73. The average molecular weight is 273 g/mol. The van der Waals surface area contributed by atoms with Crippen LogP contribution in [0.25, 0.3) is 0 Å². The predicted molar refractivity (Wildman–Crippen MR) is 61.3 cm³/mol. The van der Waals surface area contributed by atoms with Gasteiger partial charge in [-0.3, -0.25) is 4.79 Å². The SMILES string of the molecule is CC(O)C(NC(=O)Cc1ccc(F)cc1F)C(=O)O. The molecule has 0 spiro atoms. The third-order valence-corrected chi connectivity index (χ3v) is 2.43. The largest absolute Gasteiger partial charge is 0.480 e. The molecule has 0 aliphatic carbocycles. The first kappa shape index (κ1) is 15.0. The summed E-state index contributed by atoms with van der Waals surface area (Å²) in [5.41, 5.74) is -0.0615. The minimum atomic E-state index is -1.48. The van der Waals surface area contributed by atoms with Crippen LogP contribution in [0.3, 0.4) is 0 Å². The standard InChI is InChI=1S/C12H13F2NO4/c1-6(16)11(12(18)19)15-10(17)4-7-2-3-8(13)5-9(7)14/h2-3,5-6,11,16H,4H2,1H3,(H,15,17)(H,18,19). The molecule has 0 saturated carbocycles. The minimum absolute atomic E-state index is 0.0615. The van der Waals surface area contributed by atoms with Crippen LogP contribution in [-0.2, 0) is 16.0 Å². The number of rotatable bonds is 5. The summed E-state index contributed by atoms with van der Waals surface area (Å²) in [7, 11) is 0. The van der Waals surface area contributed by atoms with Crippen LogP contribution >= 0.6 is 0 Å². The van der Waals surface area contributed by atoms with E-state index >= 15 is 0 Å². The van der Waals surface area contributed by atoms with Gasteiger partial charge >= 0.3 is 5.97 Å². The number of aliphatic carboxylic acids is 1. The Kier molecular flexibility index (Phi) is 4.94. The van der Waals surface area contributed by atoms with Crippen molar-refractivity contribution in [3.05, 3.63) is 35.4 Å². The molecule has 0 aliphatic heterocycles. The van der Waals surface area contributed by atoms with Gasteiger partial charge in [0.15, 0.2) is 6.04 Å². The molecule has 19 heavy (non-hydrogen) atoms. The van der Waals surface area contributed by atoms with E-state index in [0.29, 0.717) is 6.07 Å². The Morgan fingerprint density at radius 2 is 2.00 bits per heavy atom. The highest BCUT2D eigenvalue weighted by molar-refractivity contribution is 5.85. The van der Waals surface area contributed by atoms with E-state index in [1.165, 1.54) is 6.92 Å². The van der Waals surface area contributed by atoms with Gasteiger partial charge in [0.1, 0.15) is 11.6 Å². The molecule has 7 heteroatoms. The Morgan fingerprint density at radius 3 is 2.47 bits per heavy atom. The van der Waals surface area contributed by atoms with Gasteiger partial charge in [-0.2, -0.15) is 0 Å². The molecule has 2 atom stereocenters. The summed E-state index contributed by atoms with van der Waals surface area (Å²) in [6, 6.07) is 1.25. The molecule has 0 fully saturated rings.